The molecule has 0 saturated carbocycles. The van der Waals surface area contributed by atoms with Crippen LogP contribution in [0.4, 0.5) is 10.5 Å². The second-order valence-electron chi connectivity index (χ2n) is 2.16. The van der Waals surface area contributed by atoms with Gasteiger partial charge in [-0.05, 0) is 17.8 Å². The van der Waals surface area contributed by atoms with Crippen LogP contribution < -0.4 is 56.7 Å². The van der Waals surface area contributed by atoms with Crippen molar-refractivity contribution in [3.8, 4) is 0 Å². The molecule has 0 bridgehead atoms. The predicted octanol–water partition coefficient (Wildman–Crippen LogP) is -0.121. The van der Waals surface area contributed by atoms with Gasteiger partial charge in [-0.3, -0.25) is 4.79 Å². The Bertz CT molecular complexity index is 276. The maximum absolute atomic E-state index is 10.8. The predicted molar refractivity (Wildman–Crippen MR) is 49.8 cm³/mol. The number of anilines is 1. The number of nitrogens with zero attached hydrogens (tertiary/aromatic N) is 1. The van der Waals surface area contributed by atoms with Crippen LogP contribution in [-0.2, 0) is 0 Å². The first-order valence-electron chi connectivity index (χ1n) is 3.39. The van der Waals surface area contributed by atoms with E-state index in [-0.39, 0.29) is 57.4 Å². The number of carbonyl (C=O) groups is 1. The summed E-state index contributed by atoms with van der Waals surface area (Å²) in [5.74, 6) is 0. The van der Waals surface area contributed by atoms with Crippen molar-refractivity contribution in [2.24, 2.45) is 0 Å². The summed E-state index contributed by atoms with van der Waals surface area (Å²) in [6, 6.07) is 6.47. The maximum Gasteiger partial charge on any atom is 1.00 e. The SMILES string of the molecule is C[N-]C(=O)Nc1ccc(Cl)cc1.[K+]. The van der Waals surface area contributed by atoms with E-state index < -0.39 is 0 Å². The molecule has 0 spiro atoms. The molecule has 0 aromatic heterocycles. The minimum Gasteiger partial charge on any atom is -0.434 e. The van der Waals surface area contributed by atoms with E-state index in [1.165, 1.54) is 7.05 Å². The first-order valence-corrected chi connectivity index (χ1v) is 3.76. The van der Waals surface area contributed by atoms with Crippen LogP contribution in [0.3, 0.4) is 0 Å². The van der Waals surface area contributed by atoms with E-state index in [0.29, 0.717) is 10.7 Å². The molecule has 0 aliphatic carbocycles. The van der Waals surface area contributed by atoms with E-state index in [4.69, 9.17) is 11.6 Å². The molecular formula is C8H8ClKN2O. The van der Waals surface area contributed by atoms with Crippen molar-refractivity contribution in [3.05, 3.63) is 34.6 Å². The molecule has 0 fully saturated rings. The normalized spacial score (nSPS) is 8.46. The van der Waals surface area contributed by atoms with Crippen molar-refractivity contribution in [3.63, 3.8) is 0 Å². The summed E-state index contributed by atoms with van der Waals surface area (Å²) in [5, 5.41) is 6.62. The average molecular weight is 223 g/mol. The van der Waals surface area contributed by atoms with Crippen LogP contribution in [0.25, 0.3) is 5.32 Å². The molecule has 1 aromatic carbocycles. The minimum absolute atomic E-state index is 0. The molecule has 0 saturated heterocycles. The molecule has 1 aromatic rings. The van der Waals surface area contributed by atoms with Crippen LogP contribution in [0, 0.1) is 0 Å². The molecule has 1 N–H and O–H groups in total. The standard InChI is InChI=1S/C8H9ClN2O.K/c1-10-8(12)11-7-4-2-6(9)3-5-7;/h2-5H,1H3,(H2,10,11,12);/q;+1/p-1. The summed E-state index contributed by atoms with van der Waals surface area (Å²) < 4.78 is 0. The Hall–Kier alpha value is 0.416. The van der Waals surface area contributed by atoms with Gasteiger partial charge < -0.3 is 10.6 Å². The van der Waals surface area contributed by atoms with E-state index >= 15 is 0 Å². The molecule has 13 heavy (non-hydrogen) atoms. The second-order valence-corrected chi connectivity index (χ2v) is 2.60. The third-order valence-electron chi connectivity index (χ3n) is 1.30. The van der Waals surface area contributed by atoms with Gasteiger partial charge in [0, 0.05) is 5.02 Å². The molecule has 64 valence electrons. The topological polar surface area (TPSA) is 43.2 Å². The van der Waals surface area contributed by atoms with Gasteiger partial charge in [0.05, 0.1) is 0 Å². The van der Waals surface area contributed by atoms with Gasteiger partial charge in [0.15, 0.2) is 6.03 Å². The fraction of sp³-hybridized carbons (Fsp3) is 0.125. The van der Waals surface area contributed by atoms with Crippen LogP contribution in [0.2, 0.25) is 5.02 Å². The number of halogens is 1. The molecule has 0 radical (unpaired) electrons. The number of rotatable bonds is 1. The Morgan fingerprint density at radius 1 is 1.38 bits per heavy atom. The maximum atomic E-state index is 10.8. The van der Waals surface area contributed by atoms with Crippen molar-refractivity contribution in [2.45, 2.75) is 0 Å². The summed E-state index contributed by atoms with van der Waals surface area (Å²) in [7, 11) is 1.44. The van der Waals surface area contributed by atoms with Crippen LogP contribution in [0.5, 0.6) is 0 Å². The van der Waals surface area contributed by atoms with E-state index in [0.717, 1.165) is 0 Å². The Morgan fingerprint density at radius 3 is 2.38 bits per heavy atom. The Labute approximate surface area is 125 Å². The van der Waals surface area contributed by atoms with E-state index in [1.807, 2.05) is 0 Å². The fourth-order valence-electron chi connectivity index (χ4n) is 0.713. The van der Waals surface area contributed by atoms with Crippen LogP contribution in [0.15, 0.2) is 24.3 Å². The largest absolute Gasteiger partial charge is 1.00 e. The zero-order valence-electron chi connectivity index (χ0n) is 7.54. The Morgan fingerprint density at radius 2 is 1.92 bits per heavy atom. The van der Waals surface area contributed by atoms with E-state index in [1.54, 1.807) is 24.3 Å². The summed E-state index contributed by atoms with van der Waals surface area (Å²) in [6.45, 7) is 0. The molecule has 0 aliphatic heterocycles. The van der Waals surface area contributed by atoms with Gasteiger partial charge in [-0.1, -0.05) is 30.8 Å². The van der Waals surface area contributed by atoms with Crippen LogP contribution in [0.1, 0.15) is 0 Å². The number of hydrogen-bond acceptors (Lipinski definition) is 1. The van der Waals surface area contributed by atoms with E-state index in [2.05, 4.69) is 10.6 Å². The minimum atomic E-state index is -0.364. The van der Waals surface area contributed by atoms with Crippen molar-refractivity contribution in [2.75, 3.05) is 12.4 Å². The van der Waals surface area contributed by atoms with Crippen LogP contribution in [-0.4, -0.2) is 13.1 Å². The van der Waals surface area contributed by atoms with Gasteiger partial charge in [-0.15, -0.1) is 0 Å². The van der Waals surface area contributed by atoms with Gasteiger partial charge in [-0.25, -0.2) is 0 Å². The van der Waals surface area contributed by atoms with Gasteiger partial charge >= 0.3 is 51.4 Å². The molecule has 0 unspecified atom stereocenters. The number of carbonyl (C=O) groups excluding carboxylic acids is 1. The molecule has 2 amide bonds. The molecule has 0 atom stereocenters. The molecular weight excluding hydrogens is 215 g/mol. The van der Waals surface area contributed by atoms with Gasteiger partial charge in [0.1, 0.15) is 0 Å². The Kier molecular flexibility index (Phi) is 7.03. The van der Waals surface area contributed by atoms with Crippen molar-refractivity contribution >= 4 is 23.3 Å². The fourth-order valence-corrected chi connectivity index (χ4v) is 0.839. The van der Waals surface area contributed by atoms with E-state index in [9.17, 15) is 4.79 Å². The summed E-state index contributed by atoms with van der Waals surface area (Å²) in [4.78, 5) is 10.8. The quantitative estimate of drug-likeness (QED) is 0.662. The average Bonchev–Trinajstić information content (AvgIpc) is 2.09. The first kappa shape index (κ1) is 13.4. The summed E-state index contributed by atoms with van der Waals surface area (Å²) in [5.41, 5.74) is 0.690. The number of urea groups is 1. The molecule has 3 nitrogen and oxygen atoms in total. The first-order chi connectivity index (χ1) is 5.72. The third-order valence-corrected chi connectivity index (χ3v) is 1.55. The van der Waals surface area contributed by atoms with Crippen molar-refractivity contribution < 1.29 is 56.2 Å². The number of amides is 2. The van der Waals surface area contributed by atoms with Gasteiger partial charge in [0.25, 0.3) is 0 Å². The second kappa shape index (κ2) is 6.81. The Balaban J connectivity index is 0.00000144. The number of hydrogen-bond donors (Lipinski definition) is 1. The van der Waals surface area contributed by atoms with Gasteiger partial charge in [0.2, 0.25) is 0 Å². The summed E-state index contributed by atoms with van der Waals surface area (Å²) >= 11 is 5.65. The third kappa shape index (κ3) is 5.00. The smallest absolute Gasteiger partial charge is 0.434 e. The molecule has 1 rings (SSSR count). The monoisotopic (exact) mass is 222 g/mol. The zero-order chi connectivity index (χ0) is 8.97. The van der Waals surface area contributed by atoms with Crippen molar-refractivity contribution in [1.82, 2.24) is 0 Å². The van der Waals surface area contributed by atoms with Crippen LogP contribution >= 0.6 is 11.6 Å². The number of benzene rings is 1. The summed E-state index contributed by atoms with van der Waals surface area (Å²) in [6.07, 6.45) is 0. The molecule has 0 aliphatic rings. The molecule has 0 heterocycles. The van der Waals surface area contributed by atoms with Gasteiger partial charge in [-0.2, -0.15) is 0 Å². The molecule has 5 heteroatoms. The zero-order valence-corrected chi connectivity index (χ0v) is 11.4. The number of nitrogens with one attached hydrogen (secondary N) is 1. The van der Waals surface area contributed by atoms with Crippen molar-refractivity contribution in [1.29, 1.82) is 0 Å².